The van der Waals surface area contributed by atoms with Crippen molar-refractivity contribution >= 4 is 11.6 Å². The van der Waals surface area contributed by atoms with Gasteiger partial charge in [-0.25, -0.2) is 0 Å². The smallest absolute Gasteiger partial charge is 0.229 e. The number of rotatable bonds is 5. The van der Waals surface area contributed by atoms with Crippen LogP contribution in [0.15, 0.2) is 54.9 Å². The fourth-order valence-electron chi connectivity index (χ4n) is 1.86. The molecule has 2 rings (SSSR count). The third-order valence-corrected chi connectivity index (χ3v) is 2.93. The van der Waals surface area contributed by atoms with Crippen molar-refractivity contribution in [3.63, 3.8) is 0 Å². The Morgan fingerprint density at radius 3 is 2.47 bits per heavy atom. The first-order valence-corrected chi connectivity index (χ1v) is 6.24. The molecule has 2 aromatic rings. The number of nitrogens with one attached hydrogen (secondary N) is 1. The van der Waals surface area contributed by atoms with Gasteiger partial charge >= 0.3 is 0 Å². The quantitative estimate of drug-likeness (QED) is 0.856. The van der Waals surface area contributed by atoms with Crippen LogP contribution in [0.2, 0.25) is 0 Å². The lowest BCUT2D eigenvalue weighted by Crippen LogP contribution is -2.30. The average Bonchev–Trinajstić information content (AvgIpc) is 2.47. The van der Waals surface area contributed by atoms with E-state index in [4.69, 9.17) is 5.73 Å². The topological polar surface area (TPSA) is 68.0 Å². The highest BCUT2D eigenvalue weighted by Crippen LogP contribution is 2.11. The second-order valence-electron chi connectivity index (χ2n) is 4.35. The van der Waals surface area contributed by atoms with Gasteiger partial charge in [-0.3, -0.25) is 9.78 Å². The summed E-state index contributed by atoms with van der Waals surface area (Å²) in [6, 6.07) is 13.4. The van der Waals surface area contributed by atoms with Crippen LogP contribution in [0.4, 0.5) is 5.69 Å². The molecule has 0 radical (unpaired) electrons. The molecule has 0 saturated carbocycles. The maximum absolute atomic E-state index is 12.1. The molecule has 4 heteroatoms. The SMILES string of the molecule is NCC(Cc1ccccc1)C(=O)Nc1ccncc1. The first-order valence-electron chi connectivity index (χ1n) is 6.24. The standard InChI is InChI=1S/C15H17N3O/c16-11-13(10-12-4-2-1-3-5-12)15(19)18-14-6-8-17-9-7-14/h1-9,13H,10-11,16H2,(H,17,18,19). The molecule has 3 N–H and O–H groups in total. The van der Waals surface area contributed by atoms with Crippen LogP contribution in [0.1, 0.15) is 5.56 Å². The number of nitrogens with zero attached hydrogens (tertiary/aromatic N) is 1. The molecule has 0 fully saturated rings. The zero-order valence-corrected chi connectivity index (χ0v) is 10.6. The van der Waals surface area contributed by atoms with Gasteiger partial charge in [-0.2, -0.15) is 0 Å². The molecule has 98 valence electrons. The zero-order valence-electron chi connectivity index (χ0n) is 10.6. The Morgan fingerprint density at radius 1 is 1.16 bits per heavy atom. The summed E-state index contributed by atoms with van der Waals surface area (Å²) in [5, 5.41) is 2.85. The van der Waals surface area contributed by atoms with Crippen LogP contribution < -0.4 is 11.1 Å². The van der Waals surface area contributed by atoms with Crippen LogP contribution in [-0.4, -0.2) is 17.4 Å². The van der Waals surface area contributed by atoms with Crippen molar-refractivity contribution < 1.29 is 4.79 Å². The minimum Gasteiger partial charge on any atom is -0.330 e. The highest BCUT2D eigenvalue weighted by Gasteiger charge is 2.17. The first kappa shape index (κ1) is 13.2. The van der Waals surface area contributed by atoms with Crippen LogP contribution in [0.3, 0.4) is 0 Å². The van der Waals surface area contributed by atoms with E-state index < -0.39 is 0 Å². The lowest BCUT2D eigenvalue weighted by molar-refractivity contribution is -0.119. The van der Waals surface area contributed by atoms with E-state index in [1.165, 1.54) is 0 Å². The molecule has 0 spiro atoms. The minimum atomic E-state index is -0.226. The zero-order chi connectivity index (χ0) is 13.5. The number of hydrogen-bond donors (Lipinski definition) is 2. The van der Waals surface area contributed by atoms with Crippen LogP contribution in [-0.2, 0) is 11.2 Å². The predicted molar refractivity (Wildman–Crippen MR) is 75.6 cm³/mol. The van der Waals surface area contributed by atoms with E-state index in [1.807, 2.05) is 30.3 Å². The Bertz CT molecular complexity index is 513. The van der Waals surface area contributed by atoms with E-state index in [9.17, 15) is 4.79 Å². The number of amides is 1. The molecule has 0 saturated heterocycles. The summed E-state index contributed by atoms with van der Waals surface area (Å²) >= 11 is 0. The maximum atomic E-state index is 12.1. The maximum Gasteiger partial charge on any atom is 0.229 e. The van der Waals surface area contributed by atoms with E-state index in [-0.39, 0.29) is 11.8 Å². The van der Waals surface area contributed by atoms with Crippen molar-refractivity contribution in [3.8, 4) is 0 Å². The van der Waals surface area contributed by atoms with Gasteiger partial charge in [0.1, 0.15) is 0 Å². The van der Waals surface area contributed by atoms with Crippen molar-refractivity contribution in [1.29, 1.82) is 0 Å². The Morgan fingerprint density at radius 2 is 1.84 bits per heavy atom. The number of aromatic nitrogens is 1. The monoisotopic (exact) mass is 255 g/mol. The number of carbonyl (C=O) groups excluding carboxylic acids is 1. The number of benzene rings is 1. The lowest BCUT2D eigenvalue weighted by Gasteiger charge is -2.14. The van der Waals surface area contributed by atoms with Crippen molar-refractivity contribution in [2.45, 2.75) is 6.42 Å². The Kier molecular flexibility index (Phi) is 4.64. The van der Waals surface area contributed by atoms with Gasteiger partial charge in [0.15, 0.2) is 0 Å². The van der Waals surface area contributed by atoms with E-state index in [1.54, 1.807) is 24.5 Å². The lowest BCUT2D eigenvalue weighted by atomic mass is 9.98. The van der Waals surface area contributed by atoms with Gasteiger partial charge in [-0.15, -0.1) is 0 Å². The molecule has 1 aromatic heterocycles. The fraction of sp³-hybridized carbons (Fsp3) is 0.200. The summed E-state index contributed by atoms with van der Waals surface area (Å²) in [6.07, 6.45) is 3.93. The minimum absolute atomic E-state index is 0.0578. The van der Waals surface area contributed by atoms with Crippen LogP contribution >= 0.6 is 0 Å². The van der Waals surface area contributed by atoms with E-state index in [0.29, 0.717) is 13.0 Å². The van der Waals surface area contributed by atoms with Crippen molar-refractivity contribution in [2.75, 3.05) is 11.9 Å². The van der Waals surface area contributed by atoms with E-state index in [2.05, 4.69) is 10.3 Å². The molecule has 4 nitrogen and oxygen atoms in total. The van der Waals surface area contributed by atoms with Crippen molar-refractivity contribution in [1.82, 2.24) is 4.98 Å². The van der Waals surface area contributed by atoms with Gasteiger partial charge in [0.2, 0.25) is 5.91 Å². The normalized spacial score (nSPS) is 11.8. The molecule has 1 unspecified atom stereocenters. The molecule has 1 heterocycles. The predicted octanol–water partition coefficient (Wildman–Crippen LogP) is 1.84. The third-order valence-electron chi connectivity index (χ3n) is 2.93. The molecular formula is C15H17N3O. The largest absolute Gasteiger partial charge is 0.330 e. The summed E-state index contributed by atoms with van der Waals surface area (Å²) in [5.74, 6) is -0.284. The molecule has 1 amide bonds. The van der Waals surface area contributed by atoms with Gasteiger partial charge in [-0.05, 0) is 24.1 Å². The molecule has 0 aliphatic heterocycles. The Balaban J connectivity index is 2.00. The van der Waals surface area contributed by atoms with Gasteiger partial charge in [0, 0.05) is 24.6 Å². The molecular weight excluding hydrogens is 238 g/mol. The number of carbonyl (C=O) groups is 1. The fourth-order valence-corrected chi connectivity index (χ4v) is 1.86. The Labute approximate surface area is 112 Å². The highest BCUT2D eigenvalue weighted by atomic mass is 16.1. The molecule has 1 atom stereocenters. The number of pyridine rings is 1. The second kappa shape index (κ2) is 6.66. The summed E-state index contributed by atoms with van der Waals surface area (Å²) in [7, 11) is 0. The number of anilines is 1. The Hall–Kier alpha value is -2.20. The van der Waals surface area contributed by atoms with Gasteiger partial charge in [-0.1, -0.05) is 30.3 Å². The molecule has 0 aliphatic rings. The van der Waals surface area contributed by atoms with Gasteiger partial charge < -0.3 is 11.1 Å². The van der Waals surface area contributed by atoms with Crippen LogP contribution in [0.25, 0.3) is 0 Å². The molecule has 1 aromatic carbocycles. The number of hydrogen-bond acceptors (Lipinski definition) is 3. The molecule has 0 aliphatic carbocycles. The van der Waals surface area contributed by atoms with E-state index >= 15 is 0 Å². The van der Waals surface area contributed by atoms with Gasteiger partial charge in [0.05, 0.1) is 5.92 Å². The van der Waals surface area contributed by atoms with E-state index in [0.717, 1.165) is 11.3 Å². The first-order chi connectivity index (χ1) is 9.29. The highest BCUT2D eigenvalue weighted by molar-refractivity contribution is 5.92. The van der Waals surface area contributed by atoms with Crippen molar-refractivity contribution in [2.24, 2.45) is 11.7 Å². The number of nitrogens with two attached hydrogens (primary N) is 1. The molecule has 0 bridgehead atoms. The average molecular weight is 255 g/mol. The summed E-state index contributed by atoms with van der Waals surface area (Å²) in [5.41, 5.74) is 7.56. The van der Waals surface area contributed by atoms with Crippen molar-refractivity contribution in [3.05, 3.63) is 60.4 Å². The second-order valence-corrected chi connectivity index (χ2v) is 4.35. The molecule has 19 heavy (non-hydrogen) atoms. The summed E-state index contributed by atoms with van der Waals surface area (Å²) < 4.78 is 0. The summed E-state index contributed by atoms with van der Waals surface area (Å²) in [6.45, 7) is 0.325. The van der Waals surface area contributed by atoms with Gasteiger partial charge in [0.25, 0.3) is 0 Å². The van der Waals surface area contributed by atoms with Crippen LogP contribution in [0, 0.1) is 5.92 Å². The summed E-state index contributed by atoms with van der Waals surface area (Å²) in [4.78, 5) is 16.0. The third kappa shape index (κ3) is 3.89. The van der Waals surface area contributed by atoms with Crippen LogP contribution in [0.5, 0.6) is 0 Å².